The standard InChI is InChI=1S/C6H10N2O/c1-3-4-6-7-5(2)8-9-6/h3-4H2,1-2H3. The van der Waals surface area contributed by atoms with Crippen molar-refractivity contribution in [1.82, 2.24) is 10.1 Å². The molecule has 3 nitrogen and oxygen atoms in total. The largest absolute Gasteiger partial charge is 0.339 e. The Hall–Kier alpha value is -0.860. The van der Waals surface area contributed by atoms with Gasteiger partial charge in [-0.1, -0.05) is 12.1 Å². The van der Waals surface area contributed by atoms with E-state index in [1.54, 1.807) is 0 Å². The summed E-state index contributed by atoms with van der Waals surface area (Å²) in [6, 6.07) is 0. The molecule has 0 saturated heterocycles. The Morgan fingerprint density at radius 3 is 2.78 bits per heavy atom. The second-order valence-electron chi connectivity index (χ2n) is 1.99. The number of nitrogens with zero attached hydrogens (tertiary/aromatic N) is 2. The third kappa shape index (κ3) is 1.52. The van der Waals surface area contributed by atoms with Gasteiger partial charge in [-0.3, -0.25) is 0 Å². The Kier molecular flexibility index (Phi) is 1.82. The van der Waals surface area contributed by atoms with Crippen LogP contribution in [0.25, 0.3) is 0 Å². The van der Waals surface area contributed by atoms with Crippen LogP contribution in [0.2, 0.25) is 0 Å². The molecule has 0 aliphatic heterocycles. The summed E-state index contributed by atoms with van der Waals surface area (Å²) in [4.78, 5) is 4.02. The molecule has 0 amide bonds. The van der Waals surface area contributed by atoms with Crippen molar-refractivity contribution in [2.75, 3.05) is 0 Å². The zero-order valence-corrected chi connectivity index (χ0v) is 5.72. The molecule has 0 aromatic carbocycles. The lowest BCUT2D eigenvalue weighted by Crippen LogP contribution is -1.81. The first kappa shape index (κ1) is 6.26. The van der Waals surface area contributed by atoms with Gasteiger partial charge in [-0.05, 0) is 13.3 Å². The Bertz CT molecular complexity index is 183. The molecule has 0 N–H and O–H groups in total. The minimum Gasteiger partial charge on any atom is -0.339 e. The summed E-state index contributed by atoms with van der Waals surface area (Å²) in [7, 11) is 0. The molecule has 9 heavy (non-hydrogen) atoms. The van der Waals surface area contributed by atoms with Gasteiger partial charge in [0.15, 0.2) is 5.82 Å². The average Bonchev–Trinajstić information content (AvgIpc) is 2.17. The number of hydrogen-bond acceptors (Lipinski definition) is 3. The molecule has 0 aliphatic rings. The fourth-order valence-corrected chi connectivity index (χ4v) is 0.655. The van der Waals surface area contributed by atoms with E-state index in [4.69, 9.17) is 4.52 Å². The maximum absolute atomic E-state index is 4.84. The number of rotatable bonds is 2. The van der Waals surface area contributed by atoms with Crippen molar-refractivity contribution in [3.63, 3.8) is 0 Å². The number of hydrogen-bond donors (Lipinski definition) is 0. The van der Waals surface area contributed by atoms with Crippen molar-refractivity contribution >= 4 is 0 Å². The zero-order chi connectivity index (χ0) is 6.69. The van der Waals surface area contributed by atoms with Crippen LogP contribution in [0.1, 0.15) is 25.1 Å². The van der Waals surface area contributed by atoms with Crippen molar-refractivity contribution in [3.05, 3.63) is 11.7 Å². The van der Waals surface area contributed by atoms with E-state index in [2.05, 4.69) is 17.1 Å². The fraction of sp³-hybridized carbons (Fsp3) is 0.667. The van der Waals surface area contributed by atoms with Crippen molar-refractivity contribution in [3.8, 4) is 0 Å². The molecule has 0 aliphatic carbocycles. The van der Waals surface area contributed by atoms with E-state index < -0.39 is 0 Å². The van der Waals surface area contributed by atoms with Crippen molar-refractivity contribution in [2.24, 2.45) is 0 Å². The lowest BCUT2D eigenvalue weighted by Gasteiger charge is -1.82. The zero-order valence-electron chi connectivity index (χ0n) is 5.72. The molecule has 1 aromatic heterocycles. The first-order valence-electron chi connectivity index (χ1n) is 3.12. The van der Waals surface area contributed by atoms with Gasteiger partial charge in [-0.15, -0.1) is 0 Å². The highest BCUT2D eigenvalue weighted by Crippen LogP contribution is 1.97. The lowest BCUT2D eigenvalue weighted by atomic mass is 10.3. The Labute approximate surface area is 54.1 Å². The molecule has 0 unspecified atom stereocenters. The van der Waals surface area contributed by atoms with Crippen LogP contribution >= 0.6 is 0 Å². The van der Waals surface area contributed by atoms with E-state index >= 15 is 0 Å². The van der Waals surface area contributed by atoms with Crippen LogP contribution in [0.4, 0.5) is 0 Å². The van der Waals surface area contributed by atoms with Crippen LogP contribution in [0.3, 0.4) is 0 Å². The summed E-state index contributed by atoms with van der Waals surface area (Å²) in [5, 5.41) is 3.65. The maximum atomic E-state index is 4.84. The third-order valence-electron chi connectivity index (χ3n) is 1.03. The molecule has 1 rings (SSSR count). The van der Waals surface area contributed by atoms with Crippen LogP contribution in [-0.4, -0.2) is 10.1 Å². The molecule has 50 valence electrons. The summed E-state index contributed by atoms with van der Waals surface area (Å²) >= 11 is 0. The molecule has 0 fully saturated rings. The molecule has 0 radical (unpaired) electrons. The molecule has 0 saturated carbocycles. The van der Waals surface area contributed by atoms with Gasteiger partial charge in [0, 0.05) is 6.42 Å². The monoisotopic (exact) mass is 126 g/mol. The first-order chi connectivity index (χ1) is 4.33. The van der Waals surface area contributed by atoms with Crippen LogP contribution in [0.15, 0.2) is 4.52 Å². The van der Waals surface area contributed by atoms with Crippen LogP contribution in [0, 0.1) is 6.92 Å². The van der Waals surface area contributed by atoms with Gasteiger partial charge in [0.05, 0.1) is 0 Å². The summed E-state index contributed by atoms with van der Waals surface area (Å²) in [5.74, 6) is 1.47. The van der Waals surface area contributed by atoms with E-state index in [1.165, 1.54) is 0 Å². The van der Waals surface area contributed by atoms with Gasteiger partial charge in [-0.25, -0.2) is 0 Å². The minimum absolute atomic E-state index is 0.721. The molecule has 1 heterocycles. The van der Waals surface area contributed by atoms with Crippen LogP contribution < -0.4 is 0 Å². The van der Waals surface area contributed by atoms with Crippen LogP contribution in [0.5, 0.6) is 0 Å². The van der Waals surface area contributed by atoms with Gasteiger partial charge >= 0.3 is 0 Å². The smallest absolute Gasteiger partial charge is 0.226 e. The van der Waals surface area contributed by atoms with Crippen molar-refractivity contribution in [2.45, 2.75) is 26.7 Å². The summed E-state index contributed by atoms with van der Waals surface area (Å²) < 4.78 is 4.84. The van der Waals surface area contributed by atoms with Gasteiger partial charge in [0.25, 0.3) is 0 Å². The Morgan fingerprint density at radius 2 is 2.33 bits per heavy atom. The van der Waals surface area contributed by atoms with E-state index in [-0.39, 0.29) is 0 Å². The van der Waals surface area contributed by atoms with E-state index in [0.29, 0.717) is 0 Å². The normalized spacial score (nSPS) is 10.0. The van der Waals surface area contributed by atoms with Crippen molar-refractivity contribution < 1.29 is 4.52 Å². The molecular weight excluding hydrogens is 116 g/mol. The predicted molar refractivity (Wildman–Crippen MR) is 33.0 cm³/mol. The van der Waals surface area contributed by atoms with E-state index in [9.17, 15) is 0 Å². The second-order valence-corrected chi connectivity index (χ2v) is 1.99. The van der Waals surface area contributed by atoms with Gasteiger partial charge in [0.2, 0.25) is 5.89 Å². The predicted octanol–water partition coefficient (Wildman–Crippen LogP) is 1.33. The quantitative estimate of drug-likeness (QED) is 0.600. The van der Waals surface area contributed by atoms with E-state index in [0.717, 1.165) is 24.6 Å². The lowest BCUT2D eigenvalue weighted by molar-refractivity contribution is 0.374. The number of aryl methyl sites for hydroxylation is 2. The topological polar surface area (TPSA) is 38.9 Å². The van der Waals surface area contributed by atoms with Gasteiger partial charge in [0.1, 0.15) is 0 Å². The Morgan fingerprint density at radius 1 is 1.56 bits per heavy atom. The van der Waals surface area contributed by atoms with Crippen molar-refractivity contribution in [1.29, 1.82) is 0 Å². The van der Waals surface area contributed by atoms with Gasteiger partial charge in [-0.2, -0.15) is 4.98 Å². The fourth-order valence-electron chi connectivity index (χ4n) is 0.655. The van der Waals surface area contributed by atoms with E-state index in [1.807, 2.05) is 6.92 Å². The summed E-state index contributed by atoms with van der Waals surface area (Å²) in [6.45, 7) is 3.90. The molecular formula is C6H10N2O. The summed E-state index contributed by atoms with van der Waals surface area (Å²) in [5.41, 5.74) is 0. The van der Waals surface area contributed by atoms with Crippen LogP contribution in [-0.2, 0) is 6.42 Å². The first-order valence-corrected chi connectivity index (χ1v) is 3.12. The highest BCUT2D eigenvalue weighted by molar-refractivity contribution is 4.81. The molecule has 0 atom stereocenters. The molecule has 3 heteroatoms. The molecule has 0 bridgehead atoms. The minimum atomic E-state index is 0.721. The maximum Gasteiger partial charge on any atom is 0.226 e. The highest BCUT2D eigenvalue weighted by Gasteiger charge is 1.98. The third-order valence-corrected chi connectivity index (χ3v) is 1.03. The Balaban J connectivity index is 2.61. The molecule has 1 aromatic rings. The van der Waals surface area contributed by atoms with Gasteiger partial charge < -0.3 is 4.52 Å². The summed E-state index contributed by atoms with van der Waals surface area (Å²) in [6.07, 6.45) is 1.95. The highest BCUT2D eigenvalue weighted by atomic mass is 16.5. The second kappa shape index (κ2) is 2.62. The SMILES string of the molecule is CCCc1nc(C)no1. The number of aromatic nitrogens is 2. The average molecular weight is 126 g/mol. The molecule has 0 spiro atoms.